The van der Waals surface area contributed by atoms with Gasteiger partial charge in [-0.25, -0.2) is 15.1 Å². The number of urea groups is 1. The Bertz CT molecular complexity index is 423. The van der Waals surface area contributed by atoms with E-state index in [1.54, 1.807) is 18.2 Å². The van der Waals surface area contributed by atoms with Crippen molar-refractivity contribution in [2.75, 3.05) is 19.0 Å². The second-order valence-electron chi connectivity index (χ2n) is 3.47. The van der Waals surface area contributed by atoms with Crippen LogP contribution in [-0.2, 0) is 16.2 Å². The van der Waals surface area contributed by atoms with Crippen LogP contribution < -0.4 is 16.1 Å². The van der Waals surface area contributed by atoms with Crippen LogP contribution in [0.15, 0.2) is 24.3 Å². The number of carbonyl (C=O) groups excluding carboxylic acids is 1. The number of carboxylic acids is 1. The number of aliphatic carboxylic acids is 1. The predicted molar refractivity (Wildman–Crippen MR) is 64.9 cm³/mol. The standard InChI is InChI=1S/C11H15N3O4/c1-12-6-8-3-2-4-9(5-8)13-11(17)14-18-7-10(15)16/h2-5,12H,6-7H2,1H3,(H,15,16)(H2,13,14,17). The number of anilines is 1. The number of hydrogen-bond donors (Lipinski definition) is 4. The molecule has 98 valence electrons. The Morgan fingerprint density at radius 3 is 2.83 bits per heavy atom. The van der Waals surface area contributed by atoms with Crippen LogP contribution in [0.25, 0.3) is 0 Å². The van der Waals surface area contributed by atoms with Crippen LogP contribution in [0.2, 0.25) is 0 Å². The molecule has 0 fully saturated rings. The van der Waals surface area contributed by atoms with Gasteiger partial charge in [0.2, 0.25) is 0 Å². The molecule has 4 N–H and O–H groups in total. The average Bonchev–Trinajstić information content (AvgIpc) is 2.29. The molecule has 0 saturated heterocycles. The summed E-state index contributed by atoms with van der Waals surface area (Å²) < 4.78 is 0. The van der Waals surface area contributed by atoms with Crippen molar-refractivity contribution >= 4 is 17.7 Å². The van der Waals surface area contributed by atoms with Crippen LogP contribution in [0.1, 0.15) is 5.56 Å². The predicted octanol–water partition coefficient (Wildman–Crippen LogP) is 0.544. The first-order chi connectivity index (χ1) is 8.61. The van der Waals surface area contributed by atoms with E-state index in [1.807, 2.05) is 18.6 Å². The zero-order chi connectivity index (χ0) is 13.4. The second-order valence-corrected chi connectivity index (χ2v) is 3.47. The van der Waals surface area contributed by atoms with Crippen LogP contribution >= 0.6 is 0 Å². The Kier molecular flexibility index (Phi) is 5.62. The minimum absolute atomic E-state index is 0.590. The van der Waals surface area contributed by atoms with Crippen molar-refractivity contribution < 1.29 is 19.5 Å². The third-order valence-electron chi connectivity index (χ3n) is 1.93. The fraction of sp³-hybridized carbons (Fsp3) is 0.273. The van der Waals surface area contributed by atoms with Crippen LogP contribution in [0.5, 0.6) is 0 Å². The molecule has 0 atom stereocenters. The largest absolute Gasteiger partial charge is 0.479 e. The van der Waals surface area contributed by atoms with Gasteiger partial charge in [0, 0.05) is 12.2 Å². The Hall–Kier alpha value is -2.12. The number of carboxylic acid groups (broad SMARTS) is 1. The zero-order valence-corrected chi connectivity index (χ0v) is 9.90. The smallest absolute Gasteiger partial charge is 0.343 e. The second kappa shape index (κ2) is 7.25. The van der Waals surface area contributed by atoms with Gasteiger partial charge in [-0.05, 0) is 24.7 Å². The van der Waals surface area contributed by atoms with E-state index < -0.39 is 18.6 Å². The molecule has 7 nitrogen and oxygen atoms in total. The number of hydrogen-bond acceptors (Lipinski definition) is 4. The van der Waals surface area contributed by atoms with Gasteiger partial charge in [0.15, 0.2) is 6.61 Å². The van der Waals surface area contributed by atoms with E-state index in [9.17, 15) is 9.59 Å². The Morgan fingerprint density at radius 1 is 1.39 bits per heavy atom. The van der Waals surface area contributed by atoms with Crippen LogP contribution in [0.3, 0.4) is 0 Å². The molecule has 0 unspecified atom stereocenters. The van der Waals surface area contributed by atoms with Gasteiger partial charge in [-0.2, -0.15) is 0 Å². The lowest BCUT2D eigenvalue weighted by atomic mass is 10.2. The number of hydroxylamine groups is 1. The summed E-state index contributed by atoms with van der Waals surface area (Å²) in [4.78, 5) is 25.9. The van der Waals surface area contributed by atoms with Crippen molar-refractivity contribution in [2.45, 2.75) is 6.54 Å². The molecule has 7 heteroatoms. The average molecular weight is 253 g/mol. The van der Waals surface area contributed by atoms with Crippen molar-refractivity contribution in [2.24, 2.45) is 0 Å². The van der Waals surface area contributed by atoms with Crippen molar-refractivity contribution in [1.29, 1.82) is 0 Å². The third kappa shape index (κ3) is 5.28. The summed E-state index contributed by atoms with van der Waals surface area (Å²) in [5.74, 6) is -1.16. The van der Waals surface area contributed by atoms with Gasteiger partial charge in [0.1, 0.15) is 0 Å². The first kappa shape index (κ1) is 13.9. The molecule has 2 amide bonds. The molecule has 0 aliphatic rings. The van der Waals surface area contributed by atoms with E-state index in [0.717, 1.165) is 5.56 Å². The van der Waals surface area contributed by atoms with Crippen LogP contribution in [0, 0.1) is 0 Å². The molecule has 0 radical (unpaired) electrons. The van der Waals surface area contributed by atoms with Gasteiger partial charge in [0.25, 0.3) is 0 Å². The van der Waals surface area contributed by atoms with E-state index >= 15 is 0 Å². The minimum Gasteiger partial charge on any atom is -0.479 e. The third-order valence-corrected chi connectivity index (χ3v) is 1.93. The number of benzene rings is 1. The molecule has 18 heavy (non-hydrogen) atoms. The van der Waals surface area contributed by atoms with Gasteiger partial charge in [-0.3, -0.25) is 4.84 Å². The SMILES string of the molecule is CNCc1cccc(NC(=O)NOCC(=O)O)c1. The minimum atomic E-state index is -1.16. The molecule has 1 aromatic rings. The monoisotopic (exact) mass is 253 g/mol. The summed E-state index contributed by atoms with van der Waals surface area (Å²) in [6.45, 7) is 0.0971. The molecule has 1 aromatic carbocycles. The molecule has 1 rings (SSSR count). The van der Waals surface area contributed by atoms with E-state index in [4.69, 9.17) is 5.11 Å². The quantitative estimate of drug-likeness (QED) is 0.555. The first-order valence-electron chi connectivity index (χ1n) is 5.26. The number of nitrogens with one attached hydrogen (secondary N) is 3. The number of rotatable bonds is 6. The lowest BCUT2D eigenvalue weighted by Gasteiger charge is -2.08. The number of carbonyl (C=O) groups is 2. The molecular weight excluding hydrogens is 238 g/mol. The highest BCUT2D eigenvalue weighted by Crippen LogP contribution is 2.10. The molecule has 0 aliphatic carbocycles. The summed E-state index contributed by atoms with van der Waals surface area (Å²) in [5, 5.41) is 13.8. The molecule has 0 bridgehead atoms. The van der Waals surface area contributed by atoms with Crippen LogP contribution in [-0.4, -0.2) is 30.8 Å². The maximum absolute atomic E-state index is 11.3. The summed E-state index contributed by atoms with van der Waals surface area (Å²) in [6.07, 6.45) is 0. The van der Waals surface area contributed by atoms with E-state index in [1.165, 1.54) is 0 Å². The van der Waals surface area contributed by atoms with Crippen molar-refractivity contribution in [1.82, 2.24) is 10.8 Å². The lowest BCUT2D eigenvalue weighted by molar-refractivity contribution is -0.143. The van der Waals surface area contributed by atoms with Crippen molar-refractivity contribution in [3.8, 4) is 0 Å². The lowest BCUT2D eigenvalue weighted by Crippen LogP contribution is -2.30. The highest BCUT2D eigenvalue weighted by Gasteiger charge is 2.03. The molecule has 0 saturated carbocycles. The van der Waals surface area contributed by atoms with Crippen LogP contribution in [0.4, 0.5) is 10.5 Å². The zero-order valence-electron chi connectivity index (χ0n) is 9.90. The first-order valence-corrected chi connectivity index (χ1v) is 5.26. The van der Waals surface area contributed by atoms with Gasteiger partial charge in [-0.15, -0.1) is 0 Å². The molecule has 0 aliphatic heterocycles. The van der Waals surface area contributed by atoms with E-state index in [-0.39, 0.29) is 0 Å². The molecule has 0 heterocycles. The fourth-order valence-electron chi connectivity index (χ4n) is 1.28. The van der Waals surface area contributed by atoms with Gasteiger partial charge in [-0.1, -0.05) is 12.1 Å². The Balaban J connectivity index is 2.43. The summed E-state index contributed by atoms with van der Waals surface area (Å²) in [6, 6.07) is 6.61. The Morgan fingerprint density at radius 2 is 2.17 bits per heavy atom. The van der Waals surface area contributed by atoms with Gasteiger partial charge in [0.05, 0.1) is 0 Å². The molecule has 0 aromatic heterocycles. The van der Waals surface area contributed by atoms with Gasteiger partial charge >= 0.3 is 12.0 Å². The van der Waals surface area contributed by atoms with E-state index in [2.05, 4.69) is 15.5 Å². The Labute approximate surface area is 104 Å². The maximum atomic E-state index is 11.3. The fourth-order valence-corrected chi connectivity index (χ4v) is 1.28. The maximum Gasteiger partial charge on any atom is 0.343 e. The highest BCUT2D eigenvalue weighted by atomic mass is 16.7. The summed E-state index contributed by atoms with van der Waals surface area (Å²) in [7, 11) is 1.83. The van der Waals surface area contributed by atoms with Crippen molar-refractivity contribution in [3.63, 3.8) is 0 Å². The topological polar surface area (TPSA) is 99.7 Å². The normalized spacial score (nSPS) is 9.83. The van der Waals surface area contributed by atoms with E-state index in [0.29, 0.717) is 12.2 Å². The summed E-state index contributed by atoms with van der Waals surface area (Å²) in [5.41, 5.74) is 3.58. The molecular formula is C11H15N3O4. The highest BCUT2D eigenvalue weighted by molar-refractivity contribution is 5.88. The van der Waals surface area contributed by atoms with Crippen molar-refractivity contribution in [3.05, 3.63) is 29.8 Å². The summed E-state index contributed by atoms with van der Waals surface area (Å²) >= 11 is 0. The number of amides is 2. The van der Waals surface area contributed by atoms with Gasteiger partial charge < -0.3 is 15.7 Å². The molecule has 0 spiro atoms.